The van der Waals surface area contributed by atoms with Crippen LogP contribution in [0.5, 0.6) is 5.75 Å². The topological polar surface area (TPSA) is 102 Å². The summed E-state index contributed by atoms with van der Waals surface area (Å²) in [5.74, 6) is -1.31. The van der Waals surface area contributed by atoms with Gasteiger partial charge in [0.2, 0.25) is 10.0 Å². The maximum atomic E-state index is 13.5. The molecule has 0 bridgehead atoms. The van der Waals surface area contributed by atoms with Gasteiger partial charge >= 0.3 is 6.09 Å². The van der Waals surface area contributed by atoms with Crippen LogP contribution in [-0.2, 0) is 20.4 Å². The van der Waals surface area contributed by atoms with E-state index in [1.807, 2.05) is 0 Å². The van der Waals surface area contributed by atoms with Gasteiger partial charge in [-0.15, -0.1) is 0 Å². The average Bonchev–Trinajstić information content (AvgIpc) is 2.30. The normalized spacial score (nSPS) is 22.1. The van der Waals surface area contributed by atoms with Crippen molar-refractivity contribution in [3.63, 3.8) is 0 Å². The molecule has 1 amide bonds. The van der Waals surface area contributed by atoms with Gasteiger partial charge in [-0.2, -0.15) is 0 Å². The number of rotatable bonds is 3. The standard InChI is InChI=1S/C17H24FNO6S/c1-15(2,3)25-14(20)19-26(22,23)10-17(21)9-16(4,5)24-13-8-11(18)6-7-12(13)17/h6-8,21H,9-10H2,1-5H3,(H,19,20). The van der Waals surface area contributed by atoms with Gasteiger partial charge in [0.25, 0.3) is 0 Å². The minimum absolute atomic E-state index is 0.0616. The minimum Gasteiger partial charge on any atom is -0.487 e. The van der Waals surface area contributed by atoms with Gasteiger partial charge in [-0.3, -0.25) is 0 Å². The monoisotopic (exact) mass is 389 g/mol. The number of nitrogens with one attached hydrogen (secondary N) is 1. The highest BCUT2D eigenvalue weighted by atomic mass is 32.2. The molecule has 0 aliphatic carbocycles. The number of halogens is 1. The molecule has 1 unspecified atom stereocenters. The fourth-order valence-electron chi connectivity index (χ4n) is 3.00. The number of carbonyl (C=O) groups excluding carboxylic acids is 1. The summed E-state index contributed by atoms with van der Waals surface area (Å²) in [7, 11) is -4.24. The summed E-state index contributed by atoms with van der Waals surface area (Å²) in [6.45, 7) is 8.09. The van der Waals surface area contributed by atoms with Gasteiger partial charge in [0.1, 0.15) is 34.1 Å². The van der Waals surface area contributed by atoms with Crippen LogP contribution < -0.4 is 9.46 Å². The van der Waals surface area contributed by atoms with Crippen LogP contribution in [0.1, 0.15) is 46.6 Å². The van der Waals surface area contributed by atoms with Gasteiger partial charge in [-0.25, -0.2) is 22.3 Å². The fraction of sp³-hybridized carbons (Fsp3) is 0.588. The molecule has 146 valence electrons. The van der Waals surface area contributed by atoms with E-state index in [-0.39, 0.29) is 17.7 Å². The molecule has 0 fully saturated rings. The first-order chi connectivity index (χ1) is 11.6. The number of hydrogen-bond acceptors (Lipinski definition) is 6. The van der Waals surface area contributed by atoms with Crippen molar-refractivity contribution in [3.8, 4) is 5.75 Å². The Labute approximate surface area is 152 Å². The van der Waals surface area contributed by atoms with E-state index in [1.165, 1.54) is 6.07 Å². The molecule has 1 aliphatic rings. The molecule has 1 atom stereocenters. The van der Waals surface area contributed by atoms with E-state index in [0.29, 0.717) is 0 Å². The zero-order chi connectivity index (χ0) is 20.0. The van der Waals surface area contributed by atoms with E-state index in [4.69, 9.17) is 9.47 Å². The predicted molar refractivity (Wildman–Crippen MR) is 92.8 cm³/mol. The molecule has 1 aliphatic heterocycles. The van der Waals surface area contributed by atoms with E-state index >= 15 is 0 Å². The van der Waals surface area contributed by atoms with Crippen molar-refractivity contribution in [1.29, 1.82) is 0 Å². The highest BCUT2D eigenvalue weighted by molar-refractivity contribution is 7.90. The lowest BCUT2D eigenvalue weighted by atomic mass is 9.81. The Morgan fingerprint density at radius 1 is 1.38 bits per heavy atom. The molecule has 0 saturated carbocycles. The molecule has 2 rings (SSSR count). The van der Waals surface area contributed by atoms with Crippen LogP contribution in [0, 0.1) is 5.82 Å². The summed E-state index contributed by atoms with van der Waals surface area (Å²) in [5.41, 5.74) is -3.52. The molecular weight excluding hydrogens is 365 g/mol. The summed E-state index contributed by atoms with van der Waals surface area (Å²) in [6, 6.07) is 3.48. The maximum absolute atomic E-state index is 13.5. The van der Waals surface area contributed by atoms with Crippen LogP contribution in [0.25, 0.3) is 0 Å². The first-order valence-electron chi connectivity index (χ1n) is 8.06. The predicted octanol–water partition coefficient (Wildman–Crippen LogP) is 2.43. The molecule has 2 N–H and O–H groups in total. The lowest BCUT2D eigenvalue weighted by molar-refractivity contribution is -0.0497. The van der Waals surface area contributed by atoms with E-state index in [0.717, 1.165) is 12.1 Å². The van der Waals surface area contributed by atoms with Gasteiger partial charge in [0, 0.05) is 18.1 Å². The summed E-state index contributed by atoms with van der Waals surface area (Å²) < 4.78 is 50.7. The van der Waals surface area contributed by atoms with Gasteiger partial charge in [0.15, 0.2) is 0 Å². The zero-order valence-electron chi connectivity index (χ0n) is 15.4. The molecule has 0 spiro atoms. The Hall–Kier alpha value is -1.87. The van der Waals surface area contributed by atoms with Crippen molar-refractivity contribution in [2.45, 2.75) is 57.8 Å². The SMILES string of the molecule is CC(C)(C)OC(=O)NS(=O)(=O)CC1(O)CC(C)(C)Oc2cc(F)ccc21. The van der Waals surface area contributed by atoms with Crippen molar-refractivity contribution in [3.05, 3.63) is 29.6 Å². The van der Waals surface area contributed by atoms with Crippen LogP contribution in [-0.4, -0.2) is 36.6 Å². The number of carbonyl (C=O) groups is 1. The second-order valence-corrected chi connectivity index (χ2v) is 9.80. The summed E-state index contributed by atoms with van der Waals surface area (Å²) in [4.78, 5) is 11.8. The smallest absolute Gasteiger partial charge is 0.421 e. The number of ether oxygens (including phenoxy) is 2. The highest BCUT2D eigenvalue weighted by Crippen LogP contribution is 2.44. The van der Waals surface area contributed by atoms with E-state index < -0.39 is 44.5 Å². The molecule has 1 heterocycles. The molecule has 7 nitrogen and oxygen atoms in total. The summed E-state index contributed by atoms with van der Waals surface area (Å²) in [6.07, 6.45) is -1.19. The number of hydrogen-bond donors (Lipinski definition) is 2. The molecule has 1 aromatic rings. The van der Waals surface area contributed by atoms with E-state index in [1.54, 1.807) is 39.3 Å². The van der Waals surface area contributed by atoms with Gasteiger partial charge in [-0.1, -0.05) is 0 Å². The molecule has 0 aromatic heterocycles. The zero-order valence-corrected chi connectivity index (χ0v) is 16.2. The number of benzene rings is 1. The third kappa shape index (κ3) is 5.07. The minimum atomic E-state index is -4.24. The third-order valence-corrected chi connectivity index (χ3v) is 4.95. The first-order valence-corrected chi connectivity index (χ1v) is 9.71. The van der Waals surface area contributed by atoms with Crippen LogP contribution in [0.15, 0.2) is 18.2 Å². The molecule has 9 heteroatoms. The van der Waals surface area contributed by atoms with Crippen LogP contribution in [0.4, 0.5) is 9.18 Å². The second kappa shape index (κ2) is 6.38. The Kier molecular flexibility index (Phi) is 5.02. The van der Waals surface area contributed by atoms with E-state index in [2.05, 4.69) is 0 Å². The number of aliphatic hydroxyl groups is 1. The number of amides is 1. The Balaban J connectivity index is 2.31. The van der Waals surface area contributed by atoms with Crippen molar-refractivity contribution in [1.82, 2.24) is 4.72 Å². The molecular formula is C17H24FNO6S. The quantitative estimate of drug-likeness (QED) is 0.823. The van der Waals surface area contributed by atoms with Crippen molar-refractivity contribution < 1.29 is 32.2 Å². The number of sulfonamides is 1. The van der Waals surface area contributed by atoms with Gasteiger partial charge in [-0.05, 0) is 46.8 Å². The molecule has 0 saturated heterocycles. The Morgan fingerprint density at radius 2 is 2.00 bits per heavy atom. The van der Waals surface area contributed by atoms with Crippen LogP contribution in [0.3, 0.4) is 0 Å². The molecule has 1 aromatic carbocycles. The van der Waals surface area contributed by atoms with Gasteiger partial charge < -0.3 is 14.6 Å². The maximum Gasteiger partial charge on any atom is 0.421 e. The highest BCUT2D eigenvalue weighted by Gasteiger charge is 2.47. The second-order valence-electron chi connectivity index (χ2n) is 8.07. The summed E-state index contributed by atoms with van der Waals surface area (Å²) in [5, 5.41) is 11.1. The Bertz CT molecular complexity index is 815. The average molecular weight is 389 g/mol. The van der Waals surface area contributed by atoms with Crippen molar-refractivity contribution in [2.24, 2.45) is 0 Å². The van der Waals surface area contributed by atoms with Crippen molar-refractivity contribution >= 4 is 16.1 Å². The summed E-state index contributed by atoms with van der Waals surface area (Å²) >= 11 is 0. The first kappa shape index (κ1) is 20.4. The number of fused-ring (bicyclic) bond motifs is 1. The molecule has 26 heavy (non-hydrogen) atoms. The molecule has 0 radical (unpaired) electrons. The van der Waals surface area contributed by atoms with Crippen LogP contribution in [0.2, 0.25) is 0 Å². The third-order valence-electron chi connectivity index (χ3n) is 3.62. The lowest BCUT2D eigenvalue weighted by Gasteiger charge is -2.42. The Morgan fingerprint density at radius 3 is 2.58 bits per heavy atom. The van der Waals surface area contributed by atoms with Gasteiger partial charge in [0.05, 0.1) is 0 Å². The largest absolute Gasteiger partial charge is 0.487 e. The lowest BCUT2D eigenvalue weighted by Crippen LogP contribution is -2.50. The van der Waals surface area contributed by atoms with Crippen molar-refractivity contribution in [2.75, 3.05) is 5.75 Å². The van der Waals surface area contributed by atoms with E-state index in [9.17, 15) is 22.7 Å². The van der Waals surface area contributed by atoms with Crippen LogP contribution >= 0.6 is 0 Å². The fourth-order valence-corrected chi connectivity index (χ4v) is 4.26.